The van der Waals surface area contributed by atoms with E-state index in [0.717, 1.165) is 11.1 Å². The number of hydrogen-bond donors (Lipinski definition) is 2. The molecule has 1 atom stereocenters. The lowest BCUT2D eigenvalue weighted by molar-refractivity contribution is -0.117. The van der Waals surface area contributed by atoms with E-state index >= 15 is 0 Å². The Balaban J connectivity index is 1.61. The van der Waals surface area contributed by atoms with E-state index in [-0.39, 0.29) is 11.8 Å². The molecule has 1 fully saturated rings. The van der Waals surface area contributed by atoms with Crippen LogP contribution in [-0.2, 0) is 4.79 Å². The molecule has 2 amide bonds. The fourth-order valence-corrected chi connectivity index (χ4v) is 4.21. The maximum atomic E-state index is 12.8. The molecule has 0 aliphatic carbocycles. The van der Waals surface area contributed by atoms with E-state index in [0.29, 0.717) is 51.4 Å². The van der Waals surface area contributed by atoms with Gasteiger partial charge in [-0.05, 0) is 60.5 Å². The first-order chi connectivity index (χ1) is 15.2. The number of nitrogen functional groups attached to an aromatic ring is 1. The van der Waals surface area contributed by atoms with Crippen molar-refractivity contribution < 1.29 is 14.3 Å². The average Bonchev–Trinajstić information content (AvgIpc) is 3.13. The maximum Gasteiger partial charge on any atom is 0.248 e. The molecule has 1 saturated heterocycles. The lowest BCUT2D eigenvalue weighted by Gasteiger charge is -2.19. The highest BCUT2D eigenvalue weighted by molar-refractivity contribution is 6.33. The number of benzene rings is 3. The van der Waals surface area contributed by atoms with Crippen LogP contribution in [0.4, 0.5) is 11.4 Å². The maximum absolute atomic E-state index is 12.8. The number of halogens is 2. The molecule has 0 spiro atoms. The number of anilines is 2. The molecule has 164 valence electrons. The first kappa shape index (κ1) is 22.0. The van der Waals surface area contributed by atoms with Crippen LogP contribution < -0.4 is 21.1 Å². The minimum absolute atomic E-state index is 0.0382. The summed E-state index contributed by atoms with van der Waals surface area (Å²) < 4.78 is 5.93. The highest BCUT2D eigenvalue weighted by Gasteiger charge is 2.32. The van der Waals surface area contributed by atoms with Crippen LogP contribution in [-0.4, -0.2) is 18.4 Å². The van der Waals surface area contributed by atoms with Crippen molar-refractivity contribution in [1.82, 2.24) is 0 Å². The third-order valence-electron chi connectivity index (χ3n) is 5.42. The molecule has 32 heavy (non-hydrogen) atoms. The Hall–Kier alpha value is -3.22. The summed E-state index contributed by atoms with van der Waals surface area (Å²) in [5, 5.41) is 0.775. The molecule has 4 N–H and O–H groups in total. The first-order valence-electron chi connectivity index (χ1n) is 9.96. The summed E-state index contributed by atoms with van der Waals surface area (Å²) in [6.07, 6.45) is 0.315. The summed E-state index contributed by atoms with van der Waals surface area (Å²) in [7, 11) is 0. The van der Waals surface area contributed by atoms with Crippen LogP contribution in [0.25, 0.3) is 0 Å². The summed E-state index contributed by atoms with van der Waals surface area (Å²) in [5.74, 6) is 0.0843. The average molecular weight is 470 g/mol. The van der Waals surface area contributed by atoms with E-state index in [1.165, 1.54) is 0 Å². The predicted molar refractivity (Wildman–Crippen MR) is 127 cm³/mol. The van der Waals surface area contributed by atoms with Gasteiger partial charge < -0.3 is 21.1 Å². The van der Waals surface area contributed by atoms with Crippen LogP contribution in [0.15, 0.2) is 54.6 Å². The largest absolute Gasteiger partial charge is 0.452 e. The number of ether oxygens (including phenoxy) is 1. The summed E-state index contributed by atoms with van der Waals surface area (Å²) in [4.78, 5) is 26.1. The predicted octanol–water partition coefficient (Wildman–Crippen LogP) is 5.30. The van der Waals surface area contributed by atoms with Crippen molar-refractivity contribution in [3.8, 4) is 11.5 Å². The molecule has 3 aromatic carbocycles. The van der Waals surface area contributed by atoms with Crippen LogP contribution in [0.2, 0.25) is 10.0 Å². The second-order valence-corrected chi connectivity index (χ2v) is 8.59. The highest BCUT2D eigenvalue weighted by atomic mass is 35.5. The normalized spacial score (nSPS) is 15.8. The zero-order valence-corrected chi connectivity index (χ0v) is 18.8. The van der Waals surface area contributed by atoms with E-state index in [1.54, 1.807) is 47.4 Å². The van der Waals surface area contributed by atoms with Crippen LogP contribution in [0.5, 0.6) is 11.5 Å². The summed E-state index contributed by atoms with van der Waals surface area (Å²) >= 11 is 12.6. The summed E-state index contributed by atoms with van der Waals surface area (Å²) in [6.45, 7) is 2.31. The van der Waals surface area contributed by atoms with Crippen molar-refractivity contribution in [2.75, 3.05) is 17.2 Å². The monoisotopic (exact) mass is 469 g/mol. The number of amides is 2. The van der Waals surface area contributed by atoms with Gasteiger partial charge in [0.1, 0.15) is 5.75 Å². The van der Waals surface area contributed by atoms with Gasteiger partial charge in [0.15, 0.2) is 5.75 Å². The topological polar surface area (TPSA) is 98.7 Å². The second-order valence-electron chi connectivity index (χ2n) is 7.78. The molecule has 6 nitrogen and oxygen atoms in total. The number of rotatable bonds is 5. The van der Waals surface area contributed by atoms with Gasteiger partial charge in [-0.25, -0.2) is 0 Å². The van der Waals surface area contributed by atoms with Crippen molar-refractivity contribution in [1.29, 1.82) is 0 Å². The van der Waals surface area contributed by atoms with E-state index < -0.39 is 5.91 Å². The highest BCUT2D eigenvalue weighted by Crippen LogP contribution is 2.40. The van der Waals surface area contributed by atoms with Crippen molar-refractivity contribution in [3.05, 3.63) is 81.3 Å². The number of hydrogen-bond acceptors (Lipinski definition) is 4. The Morgan fingerprint density at radius 2 is 1.88 bits per heavy atom. The zero-order valence-electron chi connectivity index (χ0n) is 17.3. The molecule has 0 aromatic heterocycles. The number of primary amides is 1. The van der Waals surface area contributed by atoms with Crippen LogP contribution >= 0.6 is 23.2 Å². The molecule has 0 radical (unpaired) electrons. The Morgan fingerprint density at radius 1 is 1.09 bits per heavy atom. The van der Waals surface area contributed by atoms with Crippen molar-refractivity contribution >= 4 is 46.4 Å². The molecule has 0 unspecified atom stereocenters. The molecule has 4 rings (SSSR count). The first-order valence-corrected chi connectivity index (χ1v) is 10.7. The standard InChI is InChI=1S/C24H21Cl2N3O3/c1-13-7-15(24(28)31)9-17(8-13)29-12-16(11-22(29)30)14-5-6-18(25)21(10-14)32-23-19(26)3-2-4-20(23)27/h2-10,16H,11-12,27H2,1H3,(H2,28,31)/t16-/m0/s1. The SMILES string of the molecule is Cc1cc(C(N)=O)cc(N2C[C@@H](c3ccc(Cl)c(Oc4c(N)cccc4Cl)c3)CC2=O)c1. The molecule has 1 aliphatic heterocycles. The third kappa shape index (κ3) is 4.38. The smallest absolute Gasteiger partial charge is 0.248 e. The second kappa shape index (κ2) is 8.73. The number of nitrogens with zero attached hydrogens (tertiary/aromatic N) is 1. The van der Waals surface area contributed by atoms with Crippen molar-refractivity contribution in [3.63, 3.8) is 0 Å². The minimum atomic E-state index is -0.531. The Labute approximate surface area is 195 Å². The van der Waals surface area contributed by atoms with Gasteiger partial charge in [0.05, 0.1) is 15.7 Å². The molecule has 1 aliphatic rings. The number of aryl methyl sites for hydroxylation is 1. The molecule has 0 saturated carbocycles. The Morgan fingerprint density at radius 3 is 2.59 bits per heavy atom. The van der Waals surface area contributed by atoms with E-state index in [1.807, 2.05) is 19.1 Å². The minimum Gasteiger partial charge on any atom is -0.452 e. The van der Waals surface area contributed by atoms with Gasteiger partial charge in [0.2, 0.25) is 11.8 Å². The van der Waals surface area contributed by atoms with Crippen LogP contribution in [0.3, 0.4) is 0 Å². The molecule has 0 bridgehead atoms. The van der Waals surface area contributed by atoms with Gasteiger partial charge in [0.25, 0.3) is 0 Å². The Bertz CT molecular complexity index is 1210. The number of carbonyl (C=O) groups is 2. The van der Waals surface area contributed by atoms with Gasteiger partial charge in [-0.15, -0.1) is 0 Å². The van der Waals surface area contributed by atoms with Gasteiger partial charge in [-0.3, -0.25) is 9.59 Å². The van der Waals surface area contributed by atoms with Gasteiger partial charge in [0, 0.05) is 30.1 Å². The van der Waals surface area contributed by atoms with Crippen LogP contribution in [0, 0.1) is 6.92 Å². The molecule has 3 aromatic rings. The summed E-state index contributed by atoms with van der Waals surface area (Å²) in [6, 6.07) is 15.7. The molecular weight excluding hydrogens is 449 g/mol. The number of carbonyl (C=O) groups excluding carboxylic acids is 2. The Kier molecular flexibility index (Phi) is 6.00. The number of nitrogens with two attached hydrogens (primary N) is 2. The molecular formula is C24H21Cl2N3O3. The van der Waals surface area contributed by atoms with E-state index in [4.69, 9.17) is 39.4 Å². The van der Waals surface area contributed by atoms with Crippen LogP contribution in [0.1, 0.15) is 33.8 Å². The lowest BCUT2D eigenvalue weighted by atomic mass is 9.98. The van der Waals surface area contributed by atoms with Gasteiger partial charge in [-0.2, -0.15) is 0 Å². The fourth-order valence-electron chi connectivity index (χ4n) is 3.84. The summed E-state index contributed by atoms with van der Waals surface area (Å²) in [5.41, 5.74) is 14.6. The molecule has 8 heteroatoms. The van der Waals surface area contributed by atoms with Crippen molar-refractivity contribution in [2.24, 2.45) is 5.73 Å². The van der Waals surface area contributed by atoms with Gasteiger partial charge >= 0.3 is 0 Å². The lowest BCUT2D eigenvalue weighted by Crippen LogP contribution is -2.25. The quantitative estimate of drug-likeness (QED) is 0.495. The van der Waals surface area contributed by atoms with E-state index in [9.17, 15) is 9.59 Å². The van der Waals surface area contributed by atoms with E-state index in [2.05, 4.69) is 0 Å². The number of para-hydroxylation sites is 1. The van der Waals surface area contributed by atoms with Gasteiger partial charge in [-0.1, -0.05) is 35.3 Å². The molecule has 1 heterocycles. The third-order valence-corrected chi connectivity index (χ3v) is 6.03. The van der Waals surface area contributed by atoms with Crippen molar-refractivity contribution in [2.45, 2.75) is 19.3 Å². The fraction of sp³-hybridized carbons (Fsp3) is 0.167. The zero-order chi connectivity index (χ0) is 23.0.